The summed E-state index contributed by atoms with van der Waals surface area (Å²) >= 11 is 0. The van der Waals surface area contributed by atoms with Gasteiger partial charge >= 0.3 is 0 Å². The zero-order valence-corrected chi connectivity index (χ0v) is 14.3. The van der Waals surface area contributed by atoms with Crippen molar-refractivity contribution in [3.8, 4) is 0 Å². The van der Waals surface area contributed by atoms with Crippen molar-refractivity contribution in [2.75, 3.05) is 12.3 Å². The smallest absolute Gasteiger partial charge is 0.244 e. The highest BCUT2D eigenvalue weighted by atomic mass is 32.2. The number of hydrogen-bond donors (Lipinski definition) is 3. The van der Waals surface area contributed by atoms with Gasteiger partial charge in [0.2, 0.25) is 20.0 Å². The molecular weight excluding hydrogens is 328 g/mol. The first-order valence-electron chi connectivity index (χ1n) is 7.22. The molecule has 0 aliphatic heterocycles. The first kappa shape index (κ1) is 17.4. The van der Waals surface area contributed by atoms with Crippen LogP contribution in [0.4, 0.5) is 0 Å². The molecule has 10 heteroatoms. The fraction of sp³-hybridized carbons (Fsp3) is 0.750. The number of nitrogens with one attached hydrogen (secondary N) is 3. The molecule has 1 aromatic rings. The highest BCUT2D eigenvalue weighted by Gasteiger charge is 2.24. The first-order valence-corrected chi connectivity index (χ1v) is 10.4. The van der Waals surface area contributed by atoms with E-state index in [-0.39, 0.29) is 23.2 Å². The second kappa shape index (κ2) is 6.65. The number of sulfonamides is 2. The van der Waals surface area contributed by atoms with Gasteiger partial charge < -0.3 is 0 Å². The summed E-state index contributed by atoms with van der Waals surface area (Å²) in [6, 6.07) is -0.0139. The lowest BCUT2D eigenvalue weighted by Crippen LogP contribution is -2.38. The molecule has 0 unspecified atom stereocenters. The van der Waals surface area contributed by atoms with Crippen LogP contribution in [-0.2, 0) is 20.0 Å². The van der Waals surface area contributed by atoms with Crippen molar-refractivity contribution in [3.63, 3.8) is 0 Å². The number of hydrogen-bond acceptors (Lipinski definition) is 5. The van der Waals surface area contributed by atoms with Gasteiger partial charge in [-0.3, -0.25) is 5.10 Å². The second-order valence-electron chi connectivity index (χ2n) is 5.58. The Labute approximate surface area is 131 Å². The molecule has 1 saturated carbocycles. The molecule has 2 rings (SSSR count). The quantitative estimate of drug-likeness (QED) is 0.647. The fourth-order valence-corrected chi connectivity index (χ4v) is 5.44. The maximum Gasteiger partial charge on any atom is 0.244 e. The molecule has 0 amide bonds. The normalized spacial score (nSPS) is 17.2. The lowest BCUT2D eigenvalue weighted by Gasteiger charge is -2.13. The van der Waals surface area contributed by atoms with E-state index in [1.165, 1.54) is 0 Å². The highest BCUT2D eigenvalue weighted by molar-refractivity contribution is 7.90. The summed E-state index contributed by atoms with van der Waals surface area (Å²) < 4.78 is 53.1. The Kier molecular flexibility index (Phi) is 5.25. The average Bonchev–Trinajstić information content (AvgIpc) is 2.98. The number of H-pyrrole nitrogens is 1. The van der Waals surface area contributed by atoms with Gasteiger partial charge in [0.1, 0.15) is 4.90 Å². The van der Waals surface area contributed by atoms with Crippen molar-refractivity contribution in [2.45, 2.75) is 50.5 Å². The van der Waals surface area contributed by atoms with Crippen molar-refractivity contribution < 1.29 is 16.8 Å². The largest absolute Gasteiger partial charge is 0.281 e. The third-order valence-corrected chi connectivity index (χ3v) is 6.85. The Morgan fingerprint density at radius 1 is 1.18 bits per heavy atom. The lowest BCUT2D eigenvalue weighted by molar-refractivity contribution is 0.550. The SMILES string of the molecule is Cc1n[nH]c(C)c1S(=O)(=O)NCCS(=O)(=O)NC1CCCC1. The van der Waals surface area contributed by atoms with Gasteiger partial charge in [-0.15, -0.1) is 0 Å². The van der Waals surface area contributed by atoms with Crippen LogP contribution in [0.5, 0.6) is 0 Å². The topological polar surface area (TPSA) is 121 Å². The van der Waals surface area contributed by atoms with Crippen molar-refractivity contribution in [1.82, 2.24) is 19.6 Å². The summed E-state index contributed by atoms with van der Waals surface area (Å²) in [7, 11) is -7.24. The Balaban J connectivity index is 1.92. The molecule has 1 fully saturated rings. The van der Waals surface area contributed by atoms with E-state index in [1.54, 1.807) is 13.8 Å². The van der Waals surface area contributed by atoms with Crippen molar-refractivity contribution in [2.24, 2.45) is 0 Å². The zero-order valence-electron chi connectivity index (χ0n) is 12.7. The summed E-state index contributed by atoms with van der Waals surface area (Å²) in [5.74, 6) is -0.279. The number of nitrogens with zero attached hydrogens (tertiary/aromatic N) is 1. The number of aryl methyl sites for hydroxylation is 2. The minimum Gasteiger partial charge on any atom is -0.281 e. The molecule has 0 atom stereocenters. The van der Waals surface area contributed by atoms with Crippen LogP contribution in [0.25, 0.3) is 0 Å². The van der Waals surface area contributed by atoms with E-state index >= 15 is 0 Å². The van der Waals surface area contributed by atoms with Crippen LogP contribution >= 0.6 is 0 Å². The second-order valence-corrected chi connectivity index (χ2v) is 9.16. The number of rotatable bonds is 7. The zero-order chi connectivity index (χ0) is 16.4. The molecule has 0 saturated heterocycles. The van der Waals surface area contributed by atoms with Crippen molar-refractivity contribution in [1.29, 1.82) is 0 Å². The summed E-state index contributed by atoms with van der Waals surface area (Å²) in [6.07, 6.45) is 3.74. The molecule has 1 aliphatic carbocycles. The summed E-state index contributed by atoms with van der Waals surface area (Å²) in [4.78, 5) is 0.0775. The Morgan fingerprint density at radius 3 is 2.36 bits per heavy atom. The van der Waals surface area contributed by atoms with E-state index in [1.807, 2.05) is 0 Å². The Bertz CT molecular complexity index is 699. The van der Waals surface area contributed by atoms with E-state index in [0.29, 0.717) is 11.4 Å². The third kappa shape index (κ3) is 4.28. The Hall–Kier alpha value is -0.970. The van der Waals surface area contributed by atoms with Crippen LogP contribution in [0.3, 0.4) is 0 Å². The minimum atomic E-state index is -3.76. The van der Waals surface area contributed by atoms with E-state index < -0.39 is 20.0 Å². The van der Waals surface area contributed by atoms with Gasteiger partial charge in [-0.25, -0.2) is 26.3 Å². The van der Waals surface area contributed by atoms with E-state index in [9.17, 15) is 16.8 Å². The summed E-state index contributed by atoms with van der Waals surface area (Å²) in [6.45, 7) is 3.01. The van der Waals surface area contributed by atoms with Gasteiger partial charge in [0.25, 0.3) is 0 Å². The van der Waals surface area contributed by atoms with Gasteiger partial charge in [0, 0.05) is 12.6 Å². The van der Waals surface area contributed by atoms with Gasteiger partial charge in [-0.1, -0.05) is 12.8 Å². The molecule has 8 nitrogen and oxygen atoms in total. The van der Waals surface area contributed by atoms with Gasteiger partial charge in [0.05, 0.1) is 17.1 Å². The van der Waals surface area contributed by atoms with Gasteiger partial charge in [-0.05, 0) is 26.7 Å². The number of aromatic nitrogens is 2. The first-order chi connectivity index (χ1) is 10.2. The van der Waals surface area contributed by atoms with Gasteiger partial charge in [-0.2, -0.15) is 5.10 Å². The third-order valence-electron chi connectivity index (χ3n) is 3.69. The van der Waals surface area contributed by atoms with Crippen LogP contribution in [0.15, 0.2) is 4.90 Å². The van der Waals surface area contributed by atoms with E-state index in [2.05, 4.69) is 19.6 Å². The van der Waals surface area contributed by atoms with Crippen LogP contribution in [0, 0.1) is 13.8 Å². The standard InChI is InChI=1S/C12H22N4O4S2/c1-9-12(10(2)15-14-9)22(19,20)13-7-8-21(17,18)16-11-5-3-4-6-11/h11,13,16H,3-8H2,1-2H3,(H,14,15). The maximum absolute atomic E-state index is 12.2. The lowest BCUT2D eigenvalue weighted by atomic mass is 10.3. The van der Waals surface area contributed by atoms with Crippen LogP contribution in [0.2, 0.25) is 0 Å². The minimum absolute atomic E-state index is 0.0139. The molecule has 3 N–H and O–H groups in total. The van der Waals surface area contributed by atoms with Gasteiger partial charge in [0.15, 0.2) is 0 Å². The molecule has 0 spiro atoms. The highest BCUT2D eigenvalue weighted by Crippen LogP contribution is 2.18. The summed E-state index contributed by atoms with van der Waals surface area (Å²) in [5.41, 5.74) is 0.786. The van der Waals surface area contributed by atoms with Crippen LogP contribution in [-0.4, -0.2) is 45.4 Å². The van der Waals surface area contributed by atoms with E-state index in [4.69, 9.17) is 0 Å². The van der Waals surface area contributed by atoms with E-state index in [0.717, 1.165) is 25.7 Å². The molecule has 1 heterocycles. The molecule has 1 aliphatic rings. The predicted octanol–water partition coefficient (Wildman–Crippen LogP) is 0.167. The molecule has 1 aromatic heterocycles. The fourth-order valence-electron chi connectivity index (χ4n) is 2.68. The van der Waals surface area contributed by atoms with Crippen molar-refractivity contribution >= 4 is 20.0 Å². The number of aromatic amines is 1. The molecule has 0 bridgehead atoms. The molecule has 0 aromatic carbocycles. The van der Waals surface area contributed by atoms with Crippen LogP contribution in [0.1, 0.15) is 37.1 Å². The molecule has 22 heavy (non-hydrogen) atoms. The average molecular weight is 350 g/mol. The molecule has 126 valence electrons. The molecular formula is C12H22N4O4S2. The maximum atomic E-state index is 12.2. The summed E-state index contributed by atoms with van der Waals surface area (Å²) in [5, 5.41) is 6.43. The molecule has 0 radical (unpaired) electrons. The Morgan fingerprint density at radius 2 is 1.82 bits per heavy atom. The monoisotopic (exact) mass is 350 g/mol. The predicted molar refractivity (Wildman–Crippen MR) is 82.4 cm³/mol. The van der Waals surface area contributed by atoms with Crippen molar-refractivity contribution in [3.05, 3.63) is 11.4 Å². The van der Waals surface area contributed by atoms with Crippen LogP contribution < -0.4 is 9.44 Å².